The molecule has 25 heavy (non-hydrogen) atoms. The number of hydrogen-bond donors (Lipinski definition) is 2. The van der Waals surface area contributed by atoms with Crippen LogP contribution in [-0.2, 0) is 11.2 Å². The molecule has 1 aliphatic carbocycles. The molecule has 3 N–H and O–H groups in total. The Morgan fingerprint density at radius 1 is 1.32 bits per heavy atom. The summed E-state index contributed by atoms with van der Waals surface area (Å²) in [6, 6.07) is 6.56. The Morgan fingerprint density at radius 3 is 2.92 bits per heavy atom. The molecule has 3 rings (SSSR count). The summed E-state index contributed by atoms with van der Waals surface area (Å²) < 4.78 is 19.3. The molecule has 0 bridgehead atoms. The van der Waals surface area contributed by atoms with Crippen LogP contribution in [0, 0.1) is 11.7 Å². The normalized spacial score (nSPS) is 20.4. The van der Waals surface area contributed by atoms with E-state index in [0.29, 0.717) is 42.5 Å². The quantitative estimate of drug-likeness (QED) is 0.843. The molecule has 1 fully saturated rings. The Labute approximate surface area is 146 Å². The van der Waals surface area contributed by atoms with Gasteiger partial charge in [-0.3, -0.25) is 4.79 Å². The standard InChI is InChI=1S/C19H24FN3O2/c20-15-7-3-2-6-14(15)17-12-22-19(25-17)10-9-18(24)23-16-8-4-1-5-13(16)11-21/h2-3,6-7,12-13,16H,1,4-5,8-11,21H2,(H,23,24). The van der Waals surface area contributed by atoms with Crippen molar-refractivity contribution in [1.82, 2.24) is 10.3 Å². The maximum atomic E-state index is 13.8. The molecule has 2 unspecified atom stereocenters. The largest absolute Gasteiger partial charge is 0.441 e. The maximum Gasteiger partial charge on any atom is 0.220 e. The zero-order valence-electron chi connectivity index (χ0n) is 14.2. The minimum absolute atomic E-state index is 0.0176. The predicted octanol–water partition coefficient (Wildman–Crippen LogP) is 3.05. The van der Waals surface area contributed by atoms with E-state index < -0.39 is 0 Å². The average Bonchev–Trinajstić information content (AvgIpc) is 3.09. The summed E-state index contributed by atoms with van der Waals surface area (Å²) in [6.45, 7) is 0.608. The van der Waals surface area contributed by atoms with E-state index in [2.05, 4.69) is 10.3 Å². The third-order valence-electron chi connectivity index (χ3n) is 4.82. The third kappa shape index (κ3) is 4.45. The molecule has 1 saturated carbocycles. The van der Waals surface area contributed by atoms with Gasteiger partial charge < -0.3 is 15.5 Å². The number of carbonyl (C=O) groups is 1. The lowest BCUT2D eigenvalue weighted by Crippen LogP contribution is -2.44. The zero-order chi connectivity index (χ0) is 17.6. The van der Waals surface area contributed by atoms with E-state index >= 15 is 0 Å². The van der Waals surface area contributed by atoms with Crippen molar-refractivity contribution in [2.75, 3.05) is 6.54 Å². The summed E-state index contributed by atoms with van der Waals surface area (Å²) >= 11 is 0. The first-order valence-corrected chi connectivity index (χ1v) is 8.86. The fourth-order valence-corrected chi connectivity index (χ4v) is 3.39. The van der Waals surface area contributed by atoms with Gasteiger partial charge in [0, 0.05) is 18.9 Å². The van der Waals surface area contributed by atoms with Crippen molar-refractivity contribution in [2.24, 2.45) is 11.7 Å². The van der Waals surface area contributed by atoms with Crippen molar-refractivity contribution in [3.05, 3.63) is 42.2 Å². The number of rotatable bonds is 6. The van der Waals surface area contributed by atoms with Gasteiger partial charge in [0.2, 0.25) is 5.91 Å². The number of nitrogens with zero attached hydrogens (tertiary/aromatic N) is 1. The van der Waals surface area contributed by atoms with Gasteiger partial charge in [0.05, 0.1) is 11.8 Å². The molecule has 0 spiro atoms. The summed E-state index contributed by atoms with van der Waals surface area (Å²) in [4.78, 5) is 16.3. The highest BCUT2D eigenvalue weighted by atomic mass is 19.1. The lowest BCUT2D eigenvalue weighted by atomic mass is 9.84. The van der Waals surface area contributed by atoms with Gasteiger partial charge in [-0.25, -0.2) is 9.37 Å². The first kappa shape index (κ1) is 17.6. The highest BCUT2D eigenvalue weighted by molar-refractivity contribution is 5.76. The molecule has 1 heterocycles. The number of oxazole rings is 1. The van der Waals surface area contributed by atoms with Crippen LogP contribution < -0.4 is 11.1 Å². The minimum atomic E-state index is -0.354. The summed E-state index contributed by atoms with van der Waals surface area (Å²) in [5.41, 5.74) is 6.17. The van der Waals surface area contributed by atoms with Crippen molar-refractivity contribution in [3.63, 3.8) is 0 Å². The molecule has 2 atom stereocenters. The number of carbonyl (C=O) groups excluding carboxylic acids is 1. The fourth-order valence-electron chi connectivity index (χ4n) is 3.39. The SMILES string of the molecule is NCC1CCCCC1NC(=O)CCc1ncc(-c2ccccc2F)o1. The van der Waals surface area contributed by atoms with Crippen LogP contribution >= 0.6 is 0 Å². The van der Waals surface area contributed by atoms with Gasteiger partial charge in [0.15, 0.2) is 11.7 Å². The van der Waals surface area contributed by atoms with Gasteiger partial charge in [-0.15, -0.1) is 0 Å². The van der Waals surface area contributed by atoms with E-state index in [1.54, 1.807) is 18.2 Å². The van der Waals surface area contributed by atoms with Crippen molar-refractivity contribution in [3.8, 4) is 11.3 Å². The average molecular weight is 345 g/mol. The van der Waals surface area contributed by atoms with Crippen LogP contribution in [-0.4, -0.2) is 23.5 Å². The number of halogens is 1. The molecule has 2 aromatic rings. The van der Waals surface area contributed by atoms with Crippen LogP contribution in [0.1, 0.15) is 38.0 Å². The zero-order valence-corrected chi connectivity index (χ0v) is 14.2. The molecule has 134 valence electrons. The monoisotopic (exact) mass is 345 g/mol. The maximum absolute atomic E-state index is 13.8. The third-order valence-corrected chi connectivity index (χ3v) is 4.82. The molecule has 1 aliphatic rings. The molecule has 1 amide bonds. The highest BCUT2D eigenvalue weighted by Gasteiger charge is 2.25. The Hall–Kier alpha value is -2.21. The molecule has 1 aromatic carbocycles. The Morgan fingerprint density at radius 2 is 2.12 bits per heavy atom. The van der Waals surface area contributed by atoms with Crippen molar-refractivity contribution >= 4 is 5.91 Å². The fraction of sp³-hybridized carbons (Fsp3) is 0.474. The van der Waals surface area contributed by atoms with Crippen LogP contribution in [0.15, 0.2) is 34.9 Å². The second kappa shape index (κ2) is 8.25. The van der Waals surface area contributed by atoms with Gasteiger partial charge in [-0.05, 0) is 37.4 Å². The van der Waals surface area contributed by atoms with E-state index in [0.717, 1.165) is 19.3 Å². The second-order valence-corrected chi connectivity index (χ2v) is 6.55. The molecule has 6 heteroatoms. The number of aromatic nitrogens is 1. The summed E-state index contributed by atoms with van der Waals surface area (Å²) in [5, 5.41) is 3.09. The Kier molecular flexibility index (Phi) is 5.81. The molecule has 0 aliphatic heterocycles. The molecule has 5 nitrogen and oxygen atoms in total. The van der Waals surface area contributed by atoms with Gasteiger partial charge in [-0.2, -0.15) is 0 Å². The first-order chi connectivity index (χ1) is 12.2. The van der Waals surface area contributed by atoms with Crippen LogP contribution in [0.2, 0.25) is 0 Å². The van der Waals surface area contributed by atoms with Crippen LogP contribution in [0.3, 0.4) is 0 Å². The highest BCUT2D eigenvalue weighted by Crippen LogP contribution is 2.25. The number of nitrogens with two attached hydrogens (primary N) is 1. The van der Waals surface area contributed by atoms with Gasteiger partial charge in [-0.1, -0.05) is 25.0 Å². The molecular weight excluding hydrogens is 321 g/mol. The van der Waals surface area contributed by atoms with Crippen molar-refractivity contribution in [2.45, 2.75) is 44.6 Å². The molecule has 1 aromatic heterocycles. The number of nitrogens with one attached hydrogen (secondary N) is 1. The molecule has 0 saturated heterocycles. The van der Waals surface area contributed by atoms with Gasteiger partial charge >= 0.3 is 0 Å². The molecule has 0 radical (unpaired) electrons. The van der Waals surface area contributed by atoms with E-state index in [9.17, 15) is 9.18 Å². The van der Waals surface area contributed by atoms with Crippen molar-refractivity contribution in [1.29, 1.82) is 0 Å². The summed E-state index contributed by atoms with van der Waals surface area (Å²) in [6.07, 6.45) is 6.57. The van der Waals surface area contributed by atoms with Crippen molar-refractivity contribution < 1.29 is 13.6 Å². The van der Waals surface area contributed by atoms with E-state index in [1.165, 1.54) is 18.7 Å². The van der Waals surface area contributed by atoms with E-state index in [4.69, 9.17) is 10.2 Å². The topological polar surface area (TPSA) is 81.1 Å². The van der Waals surface area contributed by atoms with E-state index in [1.807, 2.05) is 0 Å². The van der Waals surface area contributed by atoms with E-state index in [-0.39, 0.29) is 17.8 Å². The van der Waals surface area contributed by atoms with Gasteiger partial charge in [0.25, 0.3) is 0 Å². The van der Waals surface area contributed by atoms with Gasteiger partial charge in [0.1, 0.15) is 5.82 Å². The minimum Gasteiger partial charge on any atom is -0.441 e. The first-order valence-electron chi connectivity index (χ1n) is 8.86. The van der Waals surface area contributed by atoms with Crippen LogP contribution in [0.4, 0.5) is 4.39 Å². The number of hydrogen-bond acceptors (Lipinski definition) is 4. The lowest BCUT2D eigenvalue weighted by molar-refractivity contribution is -0.122. The predicted molar refractivity (Wildman–Crippen MR) is 93.2 cm³/mol. The summed E-state index contributed by atoms with van der Waals surface area (Å²) in [7, 11) is 0. The Balaban J connectivity index is 1.53. The Bertz CT molecular complexity index is 716. The molecular formula is C19H24FN3O2. The number of aryl methyl sites for hydroxylation is 1. The lowest BCUT2D eigenvalue weighted by Gasteiger charge is -2.31. The second-order valence-electron chi connectivity index (χ2n) is 6.55. The summed E-state index contributed by atoms with van der Waals surface area (Å²) in [5.74, 6) is 0.813. The number of benzene rings is 1. The van der Waals surface area contributed by atoms with Crippen LogP contribution in [0.5, 0.6) is 0 Å². The smallest absolute Gasteiger partial charge is 0.220 e. The number of amides is 1. The van der Waals surface area contributed by atoms with Crippen LogP contribution in [0.25, 0.3) is 11.3 Å².